The first kappa shape index (κ1) is 13.1. The number of halogens is 2. The van der Waals surface area contributed by atoms with Crippen molar-refractivity contribution in [3.05, 3.63) is 57.6 Å². The molecule has 1 heterocycles. The van der Waals surface area contributed by atoms with Crippen LogP contribution < -0.4 is 5.43 Å². The van der Waals surface area contributed by atoms with Crippen molar-refractivity contribution in [3.8, 4) is 0 Å². The molecule has 0 amide bonds. The number of hydrogen-bond donors (Lipinski definition) is 1. The summed E-state index contributed by atoms with van der Waals surface area (Å²) in [5.41, 5.74) is 6.16. The number of nitrogens with zero attached hydrogens (tertiary/aromatic N) is 1. The Morgan fingerprint density at radius 1 is 1.17 bits per heavy atom. The molecule has 0 aliphatic carbocycles. The molecule has 0 aliphatic rings. The Morgan fingerprint density at radius 2 is 1.78 bits per heavy atom. The van der Waals surface area contributed by atoms with E-state index in [-0.39, 0.29) is 11.9 Å². The van der Waals surface area contributed by atoms with E-state index >= 15 is 0 Å². The zero-order chi connectivity index (χ0) is 13.3. The number of hydrogen-bond acceptors (Lipinski definition) is 1. The summed E-state index contributed by atoms with van der Waals surface area (Å²) in [6.07, 6.45) is 0. The van der Waals surface area contributed by atoms with Gasteiger partial charge in [-0.1, -0.05) is 15.9 Å². The molecule has 0 bridgehead atoms. The summed E-state index contributed by atoms with van der Waals surface area (Å²) >= 11 is 3.37. The van der Waals surface area contributed by atoms with E-state index in [0.29, 0.717) is 5.56 Å². The van der Waals surface area contributed by atoms with Crippen LogP contribution in [0.3, 0.4) is 0 Å². The quantitative estimate of drug-likeness (QED) is 0.894. The van der Waals surface area contributed by atoms with E-state index in [1.807, 2.05) is 37.6 Å². The summed E-state index contributed by atoms with van der Waals surface area (Å²) in [6, 6.07) is 8.96. The molecular formula is C14H16BrFN2. The molecule has 1 atom stereocenters. The molecule has 0 spiro atoms. The minimum atomic E-state index is -0.194. The maximum absolute atomic E-state index is 13.8. The summed E-state index contributed by atoms with van der Waals surface area (Å²) in [5, 5.41) is 0. The van der Waals surface area contributed by atoms with Crippen LogP contribution in [0.15, 0.2) is 34.8 Å². The molecule has 1 aromatic heterocycles. The number of aryl methyl sites for hydroxylation is 2. The maximum Gasteiger partial charge on any atom is 0.128 e. The van der Waals surface area contributed by atoms with Crippen LogP contribution in [0.5, 0.6) is 0 Å². The smallest absolute Gasteiger partial charge is 0.128 e. The Morgan fingerprint density at radius 3 is 2.39 bits per heavy atom. The third-order valence-electron chi connectivity index (χ3n) is 3.02. The molecule has 1 aromatic carbocycles. The highest BCUT2D eigenvalue weighted by Crippen LogP contribution is 2.22. The summed E-state index contributed by atoms with van der Waals surface area (Å²) in [5.74, 6) is -0.194. The summed E-state index contributed by atoms with van der Waals surface area (Å²) < 4.78 is 16.6. The van der Waals surface area contributed by atoms with Crippen molar-refractivity contribution in [1.82, 2.24) is 4.68 Å². The van der Waals surface area contributed by atoms with Crippen LogP contribution >= 0.6 is 15.9 Å². The summed E-state index contributed by atoms with van der Waals surface area (Å²) in [4.78, 5) is 0. The van der Waals surface area contributed by atoms with Gasteiger partial charge < -0.3 is 5.43 Å². The third kappa shape index (κ3) is 2.58. The van der Waals surface area contributed by atoms with Crippen molar-refractivity contribution in [2.24, 2.45) is 0 Å². The Kier molecular flexibility index (Phi) is 3.76. The van der Waals surface area contributed by atoms with Crippen LogP contribution in [0, 0.1) is 19.7 Å². The normalized spacial score (nSPS) is 12.5. The van der Waals surface area contributed by atoms with Crippen LogP contribution in [0.1, 0.15) is 29.9 Å². The molecule has 96 valence electrons. The van der Waals surface area contributed by atoms with E-state index in [1.54, 1.807) is 12.1 Å². The zero-order valence-corrected chi connectivity index (χ0v) is 12.3. The fourth-order valence-electron chi connectivity index (χ4n) is 1.98. The van der Waals surface area contributed by atoms with Crippen molar-refractivity contribution in [3.63, 3.8) is 0 Å². The van der Waals surface area contributed by atoms with Gasteiger partial charge in [0.25, 0.3) is 0 Å². The van der Waals surface area contributed by atoms with Gasteiger partial charge in [-0.2, -0.15) is 0 Å². The van der Waals surface area contributed by atoms with Crippen molar-refractivity contribution < 1.29 is 4.39 Å². The van der Waals surface area contributed by atoms with Crippen LogP contribution in [0.2, 0.25) is 0 Å². The third-order valence-corrected chi connectivity index (χ3v) is 3.51. The van der Waals surface area contributed by atoms with Gasteiger partial charge in [-0.05, 0) is 51.1 Å². The average Bonchev–Trinajstić information content (AvgIpc) is 2.64. The maximum atomic E-state index is 13.8. The van der Waals surface area contributed by atoms with Gasteiger partial charge in [0, 0.05) is 21.4 Å². The second-order valence-electron chi connectivity index (χ2n) is 4.47. The van der Waals surface area contributed by atoms with Gasteiger partial charge in [0.2, 0.25) is 0 Å². The first-order chi connectivity index (χ1) is 8.49. The molecule has 1 unspecified atom stereocenters. The lowest BCUT2D eigenvalue weighted by Gasteiger charge is -2.20. The Labute approximate surface area is 115 Å². The van der Waals surface area contributed by atoms with Crippen LogP contribution in [0.4, 0.5) is 4.39 Å². The fourth-order valence-corrected chi connectivity index (χ4v) is 2.36. The van der Waals surface area contributed by atoms with Crippen molar-refractivity contribution in [1.29, 1.82) is 0 Å². The lowest BCUT2D eigenvalue weighted by molar-refractivity contribution is 0.585. The topological polar surface area (TPSA) is 17.0 Å². The number of aromatic nitrogens is 1. The fraction of sp³-hybridized carbons (Fsp3) is 0.286. The van der Waals surface area contributed by atoms with E-state index in [9.17, 15) is 4.39 Å². The highest BCUT2D eigenvalue weighted by atomic mass is 79.9. The number of rotatable bonds is 3. The van der Waals surface area contributed by atoms with Gasteiger partial charge >= 0.3 is 0 Å². The van der Waals surface area contributed by atoms with Gasteiger partial charge in [0.1, 0.15) is 5.82 Å². The predicted octanol–water partition coefficient (Wildman–Crippen LogP) is 4.31. The molecule has 1 N–H and O–H groups in total. The standard InChI is InChI=1S/C14H16BrFN2/c1-9-4-5-10(2)18(9)17-11(3)13-8-12(15)6-7-14(13)16/h4-8,11,17H,1-3H3. The van der Waals surface area contributed by atoms with Gasteiger partial charge in [-0.25, -0.2) is 4.39 Å². The van der Waals surface area contributed by atoms with Gasteiger partial charge in [-0.15, -0.1) is 0 Å². The summed E-state index contributed by atoms with van der Waals surface area (Å²) in [7, 11) is 0. The Hall–Kier alpha value is -1.29. The molecule has 2 rings (SSSR count). The molecule has 2 nitrogen and oxygen atoms in total. The predicted molar refractivity (Wildman–Crippen MR) is 75.8 cm³/mol. The van der Waals surface area contributed by atoms with Crippen molar-refractivity contribution in [2.45, 2.75) is 26.8 Å². The molecule has 0 radical (unpaired) electrons. The van der Waals surface area contributed by atoms with Crippen molar-refractivity contribution in [2.75, 3.05) is 5.43 Å². The molecule has 0 saturated heterocycles. The Balaban J connectivity index is 2.27. The van der Waals surface area contributed by atoms with Crippen LogP contribution in [0.25, 0.3) is 0 Å². The molecule has 0 fully saturated rings. The van der Waals surface area contributed by atoms with Crippen molar-refractivity contribution >= 4 is 15.9 Å². The first-order valence-electron chi connectivity index (χ1n) is 5.85. The van der Waals surface area contributed by atoms with E-state index in [0.717, 1.165) is 15.9 Å². The summed E-state index contributed by atoms with van der Waals surface area (Å²) in [6.45, 7) is 5.98. The SMILES string of the molecule is Cc1ccc(C)n1NC(C)c1cc(Br)ccc1F. The van der Waals surface area contributed by atoms with E-state index in [4.69, 9.17) is 0 Å². The second kappa shape index (κ2) is 5.14. The zero-order valence-electron chi connectivity index (χ0n) is 10.7. The monoisotopic (exact) mass is 310 g/mol. The molecule has 0 saturated carbocycles. The van der Waals surface area contributed by atoms with E-state index in [1.165, 1.54) is 6.07 Å². The highest BCUT2D eigenvalue weighted by molar-refractivity contribution is 9.10. The first-order valence-corrected chi connectivity index (χ1v) is 6.65. The Bertz CT molecular complexity index is 543. The van der Waals surface area contributed by atoms with E-state index in [2.05, 4.69) is 21.4 Å². The van der Waals surface area contributed by atoms with Crippen LogP contribution in [-0.2, 0) is 0 Å². The van der Waals surface area contributed by atoms with Crippen LogP contribution in [-0.4, -0.2) is 4.68 Å². The van der Waals surface area contributed by atoms with E-state index < -0.39 is 0 Å². The molecular weight excluding hydrogens is 295 g/mol. The molecule has 4 heteroatoms. The molecule has 2 aromatic rings. The van der Waals surface area contributed by atoms with Gasteiger partial charge in [0.05, 0.1) is 6.04 Å². The second-order valence-corrected chi connectivity index (χ2v) is 5.38. The highest BCUT2D eigenvalue weighted by Gasteiger charge is 2.12. The lowest BCUT2D eigenvalue weighted by atomic mass is 10.1. The molecule has 0 aliphatic heterocycles. The molecule has 18 heavy (non-hydrogen) atoms. The van der Waals surface area contributed by atoms with Gasteiger partial charge in [0.15, 0.2) is 0 Å². The largest absolute Gasteiger partial charge is 0.319 e. The minimum absolute atomic E-state index is 0.104. The number of benzene rings is 1. The van der Waals surface area contributed by atoms with Gasteiger partial charge in [-0.3, -0.25) is 4.68 Å². The average molecular weight is 311 g/mol. The minimum Gasteiger partial charge on any atom is -0.319 e. The number of nitrogens with one attached hydrogen (secondary N) is 1. The lowest BCUT2D eigenvalue weighted by Crippen LogP contribution is -2.21.